The molecular weight excluding hydrogens is 238 g/mol. The Hall–Kier alpha value is -1.43. The number of carboxylic acids is 1. The van der Waals surface area contributed by atoms with Gasteiger partial charge in [0.05, 0.1) is 4.60 Å². The predicted octanol–water partition coefficient (Wildman–Crippen LogP) is 1.19. The van der Waals surface area contributed by atoms with E-state index >= 15 is 0 Å². The predicted molar refractivity (Wildman–Crippen MR) is 47.6 cm³/mol. The molecule has 1 N–H and O–H groups in total. The highest BCUT2D eigenvalue weighted by Crippen LogP contribution is 2.13. The quantitative estimate of drug-likeness (QED) is 0.762. The van der Waals surface area contributed by atoms with Gasteiger partial charge >= 0.3 is 5.97 Å². The Bertz CT molecular complexity index is 480. The molecule has 0 aliphatic rings. The monoisotopic (exact) mass is 241 g/mol. The van der Waals surface area contributed by atoms with E-state index in [9.17, 15) is 4.79 Å². The van der Waals surface area contributed by atoms with E-state index in [2.05, 4.69) is 26.1 Å². The third-order valence-corrected chi connectivity index (χ3v) is 2.19. The molecule has 5 nitrogen and oxygen atoms in total. The number of hydrogen-bond acceptors (Lipinski definition) is 3. The Kier molecular flexibility index (Phi) is 1.77. The van der Waals surface area contributed by atoms with Gasteiger partial charge in [-0.3, -0.25) is 4.40 Å². The fourth-order valence-electron chi connectivity index (χ4n) is 1.04. The van der Waals surface area contributed by atoms with Gasteiger partial charge in [0, 0.05) is 0 Å². The number of hydrogen-bond donors (Lipinski definition) is 1. The molecule has 66 valence electrons. The lowest BCUT2D eigenvalue weighted by Gasteiger charge is -1.96. The molecule has 0 saturated carbocycles. The van der Waals surface area contributed by atoms with Crippen molar-refractivity contribution >= 4 is 27.5 Å². The van der Waals surface area contributed by atoms with Crippen LogP contribution in [0.25, 0.3) is 5.65 Å². The van der Waals surface area contributed by atoms with Crippen LogP contribution in [-0.4, -0.2) is 25.7 Å². The molecular formula is C7H4BrN3O2. The topological polar surface area (TPSA) is 67.5 Å². The van der Waals surface area contributed by atoms with Crippen LogP contribution in [0.15, 0.2) is 22.8 Å². The second-order valence-corrected chi connectivity index (χ2v) is 3.18. The Labute approximate surface area is 81.1 Å². The second kappa shape index (κ2) is 2.81. The van der Waals surface area contributed by atoms with Crippen LogP contribution in [0, 0.1) is 0 Å². The summed E-state index contributed by atoms with van der Waals surface area (Å²) in [6.07, 6.45) is 0. The third-order valence-electron chi connectivity index (χ3n) is 1.57. The van der Waals surface area contributed by atoms with Gasteiger partial charge in [0.15, 0.2) is 5.65 Å². The van der Waals surface area contributed by atoms with Crippen LogP contribution >= 0.6 is 15.9 Å². The minimum atomic E-state index is -1.10. The molecule has 2 heterocycles. The van der Waals surface area contributed by atoms with E-state index < -0.39 is 5.97 Å². The highest BCUT2D eigenvalue weighted by molar-refractivity contribution is 9.10. The lowest BCUT2D eigenvalue weighted by Crippen LogP contribution is -2.04. The van der Waals surface area contributed by atoms with Crippen molar-refractivity contribution in [3.05, 3.63) is 28.6 Å². The fourth-order valence-corrected chi connectivity index (χ4v) is 1.54. The van der Waals surface area contributed by atoms with Crippen LogP contribution in [0.5, 0.6) is 0 Å². The van der Waals surface area contributed by atoms with Crippen molar-refractivity contribution in [2.45, 2.75) is 0 Å². The van der Waals surface area contributed by atoms with Gasteiger partial charge in [-0.05, 0) is 28.1 Å². The van der Waals surface area contributed by atoms with Crippen LogP contribution in [0.3, 0.4) is 0 Å². The van der Waals surface area contributed by atoms with Crippen molar-refractivity contribution in [3.8, 4) is 0 Å². The van der Waals surface area contributed by atoms with Crippen LogP contribution in [0.1, 0.15) is 10.6 Å². The van der Waals surface area contributed by atoms with Crippen LogP contribution in [0.2, 0.25) is 0 Å². The van der Waals surface area contributed by atoms with Crippen molar-refractivity contribution in [3.63, 3.8) is 0 Å². The van der Waals surface area contributed by atoms with Gasteiger partial charge in [-0.15, -0.1) is 10.2 Å². The number of aromatic carboxylic acids is 1. The lowest BCUT2D eigenvalue weighted by molar-refractivity contribution is 0.0682. The van der Waals surface area contributed by atoms with Crippen LogP contribution in [-0.2, 0) is 0 Å². The number of carbonyl (C=O) groups is 1. The minimum absolute atomic E-state index is 0.0949. The molecule has 13 heavy (non-hydrogen) atoms. The highest BCUT2D eigenvalue weighted by Gasteiger charge is 2.13. The number of nitrogens with zero attached hydrogens (tertiary/aromatic N) is 3. The Balaban J connectivity index is 2.86. The van der Waals surface area contributed by atoms with Gasteiger partial charge in [0.25, 0.3) is 0 Å². The molecule has 0 bridgehead atoms. The molecule has 0 aromatic carbocycles. The van der Waals surface area contributed by atoms with Crippen molar-refractivity contribution in [2.75, 3.05) is 0 Å². The average molecular weight is 242 g/mol. The van der Waals surface area contributed by atoms with Crippen LogP contribution in [0.4, 0.5) is 0 Å². The third kappa shape index (κ3) is 1.19. The maximum Gasteiger partial charge on any atom is 0.374 e. The van der Waals surface area contributed by atoms with Gasteiger partial charge in [-0.25, -0.2) is 4.79 Å². The number of fused-ring (bicyclic) bond motifs is 1. The maximum absolute atomic E-state index is 10.7. The van der Waals surface area contributed by atoms with Crippen molar-refractivity contribution < 1.29 is 9.90 Å². The Morgan fingerprint density at radius 3 is 2.92 bits per heavy atom. The molecule has 0 amide bonds. The SMILES string of the molecule is O=C(O)c1nnc2cccc(Br)n12. The zero-order valence-corrected chi connectivity index (χ0v) is 7.89. The van der Waals surface area contributed by atoms with Gasteiger partial charge < -0.3 is 5.11 Å². The summed E-state index contributed by atoms with van der Waals surface area (Å²) in [6, 6.07) is 5.17. The summed E-state index contributed by atoms with van der Waals surface area (Å²) in [7, 11) is 0. The van der Waals surface area contributed by atoms with Crippen LogP contribution < -0.4 is 0 Å². The molecule has 2 aromatic heterocycles. The molecule has 2 aromatic rings. The molecule has 0 atom stereocenters. The molecule has 0 unspecified atom stereocenters. The number of rotatable bonds is 1. The minimum Gasteiger partial charge on any atom is -0.475 e. The first-order valence-corrected chi connectivity index (χ1v) is 4.22. The van der Waals surface area contributed by atoms with E-state index in [1.165, 1.54) is 4.40 Å². The summed E-state index contributed by atoms with van der Waals surface area (Å²) >= 11 is 3.21. The van der Waals surface area contributed by atoms with E-state index in [1.807, 2.05) is 0 Å². The summed E-state index contributed by atoms with van der Waals surface area (Å²) in [5, 5.41) is 16.0. The smallest absolute Gasteiger partial charge is 0.374 e. The Morgan fingerprint density at radius 1 is 1.46 bits per heavy atom. The molecule has 0 radical (unpaired) electrons. The first-order valence-electron chi connectivity index (χ1n) is 3.43. The van der Waals surface area contributed by atoms with E-state index in [1.54, 1.807) is 18.2 Å². The number of halogens is 1. The molecule has 2 rings (SSSR count). The van der Waals surface area contributed by atoms with Crippen molar-refractivity contribution in [1.29, 1.82) is 0 Å². The second-order valence-electron chi connectivity index (χ2n) is 2.37. The highest BCUT2D eigenvalue weighted by atomic mass is 79.9. The fraction of sp³-hybridized carbons (Fsp3) is 0. The van der Waals surface area contributed by atoms with Crippen molar-refractivity contribution in [2.24, 2.45) is 0 Å². The van der Waals surface area contributed by atoms with E-state index in [0.717, 1.165) is 0 Å². The summed E-state index contributed by atoms with van der Waals surface area (Å²) < 4.78 is 2.04. The summed E-state index contributed by atoms with van der Waals surface area (Å²) in [5.74, 6) is -1.19. The first kappa shape index (κ1) is 8.18. The summed E-state index contributed by atoms with van der Waals surface area (Å²) in [5.41, 5.74) is 0.506. The number of carboxylic acid groups (broad SMARTS) is 1. The van der Waals surface area contributed by atoms with Gasteiger partial charge in [0.2, 0.25) is 5.82 Å². The average Bonchev–Trinajstić information content (AvgIpc) is 2.49. The summed E-state index contributed by atoms with van der Waals surface area (Å²) in [6.45, 7) is 0. The molecule has 0 fully saturated rings. The largest absolute Gasteiger partial charge is 0.475 e. The van der Waals surface area contributed by atoms with Gasteiger partial charge in [-0.1, -0.05) is 6.07 Å². The lowest BCUT2D eigenvalue weighted by atomic mass is 10.5. The number of pyridine rings is 1. The molecule has 6 heteroatoms. The molecule has 0 aliphatic carbocycles. The maximum atomic E-state index is 10.7. The normalized spacial score (nSPS) is 10.5. The molecule has 0 saturated heterocycles. The van der Waals surface area contributed by atoms with E-state index in [0.29, 0.717) is 10.3 Å². The van der Waals surface area contributed by atoms with E-state index in [-0.39, 0.29) is 5.82 Å². The van der Waals surface area contributed by atoms with Gasteiger partial charge in [0.1, 0.15) is 0 Å². The summed E-state index contributed by atoms with van der Waals surface area (Å²) in [4.78, 5) is 10.7. The Morgan fingerprint density at radius 2 is 2.23 bits per heavy atom. The zero-order valence-electron chi connectivity index (χ0n) is 6.31. The number of aromatic nitrogens is 3. The zero-order chi connectivity index (χ0) is 9.42. The first-order chi connectivity index (χ1) is 6.20. The standard InChI is InChI=1S/C7H4BrN3O2/c8-4-2-1-3-5-9-10-6(7(12)13)11(4)5/h1-3H,(H,12,13). The van der Waals surface area contributed by atoms with E-state index in [4.69, 9.17) is 5.11 Å². The van der Waals surface area contributed by atoms with Crippen molar-refractivity contribution in [1.82, 2.24) is 14.6 Å². The molecule has 0 aliphatic heterocycles. The molecule has 0 spiro atoms. The van der Waals surface area contributed by atoms with Gasteiger partial charge in [-0.2, -0.15) is 0 Å².